The molecule has 3 fully saturated rings. The molecule has 0 radical (unpaired) electrons. The van der Waals surface area contributed by atoms with E-state index in [0.717, 1.165) is 37.8 Å². The van der Waals surface area contributed by atoms with E-state index in [4.69, 9.17) is 10.6 Å². The third-order valence-corrected chi connectivity index (χ3v) is 9.93. The van der Waals surface area contributed by atoms with Crippen LogP contribution in [0.2, 0.25) is 0 Å². The number of allylic oxidation sites excluding steroid dienone is 2. The molecule has 0 bridgehead atoms. The van der Waals surface area contributed by atoms with Crippen molar-refractivity contribution in [2.24, 2.45) is 51.6 Å². The van der Waals surface area contributed by atoms with Gasteiger partial charge in [0, 0.05) is 30.2 Å². The second kappa shape index (κ2) is 7.73. The molecule has 0 aromatic heterocycles. The van der Waals surface area contributed by atoms with Crippen LogP contribution in [0.5, 0.6) is 0 Å². The molecule has 3 saturated carbocycles. The van der Waals surface area contributed by atoms with Gasteiger partial charge in [-0.15, -0.1) is 0 Å². The van der Waals surface area contributed by atoms with Gasteiger partial charge in [0.05, 0.1) is 18.8 Å². The molecular formula is C24H42N2O4. The maximum absolute atomic E-state index is 11.7. The van der Waals surface area contributed by atoms with Gasteiger partial charge in [-0.3, -0.25) is 10.3 Å². The Morgan fingerprint density at radius 2 is 1.80 bits per heavy atom. The van der Waals surface area contributed by atoms with Crippen LogP contribution in [0.15, 0.2) is 11.8 Å². The van der Waals surface area contributed by atoms with Gasteiger partial charge in [0.2, 0.25) is 0 Å². The van der Waals surface area contributed by atoms with E-state index in [9.17, 15) is 15.3 Å². The molecule has 4 rings (SSSR count). The molecule has 0 heterocycles. The van der Waals surface area contributed by atoms with Crippen molar-refractivity contribution >= 4 is 0 Å². The molecule has 6 heteroatoms. The van der Waals surface area contributed by atoms with Gasteiger partial charge in [0.25, 0.3) is 0 Å². The monoisotopic (exact) mass is 422 g/mol. The summed E-state index contributed by atoms with van der Waals surface area (Å²) in [6.07, 6.45) is 6.23. The van der Waals surface area contributed by atoms with Gasteiger partial charge in [-0.05, 0) is 66.6 Å². The van der Waals surface area contributed by atoms with Crippen LogP contribution in [0, 0.1) is 45.8 Å². The zero-order chi connectivity index (χ0) is 21.9. The molecule has 0 spiro atoms. The molecule has 0 amide bonds. The summed E-state index contributed by atoms with van der Waals surface area (Å²) in [5.41, 5.74) is 9.35. The number of nitrogens with two attached hydrogens (primary N) is 1. The topological polar surface area (TPSA) is 108 Å². The molecule has 4 aliphatic rings. The van der Waals surface area contributed by atoms with Crippen molar-refractivity contribution < 1.29 is 20.2 Å². The van der Waals surface area contributed by atoms with E-state index in [1.807, 2.05) is 0 Å². The van der Waals surface area contributed by atoms with Crippen molar-refractivity contribution in [3.05, 3.63) is 11.8 Å². The first kappa shape index (κ1) is 22.5. The maximum Gasteiger partial charge on any atom is 0.0868 e. The average molecular weight is 423 g/mol. The van der Waals surface area contributed by atoms with E-state index in [0.29, 0.717) is 25.0 Å². The van der Waals surface area contributed by atoms with E-state index in [2.05, 4.69) is 39.3 Å². The molecule has 6 nitrogen and oxygen atoms in total. The standard InChI is InChI=1S/C24H42N2O4/c1-22(2)17(26-30-12-11-25)8-10-24(4)16-7-9-23(3)15(5-6-18(23)28)19(16)20(29)14(13-27)21(22)24/h8,14-16,18-21,26-29H,5-7,9-13,25H2,1-4H3/t14-,15-,16-,18-,19-,20+,21?,23-,24+/m0/s1. The second-order valence-electron chi connectivity index (χ2n) is 11.5. The Kier molecular flexibility index (Phi) is 5.81. The van der Waals surface area contributed by atoms with E-state index in [-0.39, 0.29) is 46.7 Å². The molecule has 30 heavy (non-hydrogen) atoms. The predicted octanol–water partition coefficient (Wildman–Crippen LogP) is 2.19. The summed E-state index contributed by atoms with van der Waals surface area (Å²) < 4.78 is 0. The van der Waals surface area contributed by atoms with Crippen molar-refractivity contribution in [2.45, 2.75) is 72.0 Å². The Balaban J connectivity index is 1.72. The Bertz CT molecular complexity index is 682. The number of fused-ring (bicyclic) bond motifs is 5. The van der Waals surface area contributed by atoms with Gasteiger partial charge in [-0.2, -0.15) is 0 Å². The number of hydroxylamine groups is 1. The zero-order valence-electron chi connectivity index (χ0n) is 19.1. The summed E-state index contributed by atoms with van der Waals surface area (Å²) in [5.74, 6) is 0.812. The van der Waals surface area contributed by atoms with Gasteiger partial charge in [-0.25, -0.2) is 0 Å². The van der Waals surface area contributed by atoms with Crippen molar-refractivity contribution in [3.63, 3.8) is 0 Å². The third-order valence-electron chi connectivity index (χ3n) is 9.93. The average Bonchev–Trinajstić information content (AvgIpc) is 3.00. The number of hydrogen-bond donors (Lipinski definition) is 5. The molecule has 4 aliphatic carbocycles. The smallest absolute Gasteiger partial charge is 0.0868 e. The lowest BCUT2D eigenvalue weighted by Crippen LogP contribution is -2.65. The fraction of sp³-hybridized carbons (Fsp3) is 0.917. The number of nitrogens with one attached hydrogen (secondary N) is 1. The van der Waals surface area contributed by atoms with Crippen molar-refractivity contribution in [3.8, 4) is 0 Å². The number of aliphatic hydroxyl groups is 3. The highest BCUT2D eigenvalue weighted by Crippen LogP contribution is 2.69. The summed E-state index contributed by atoms with van der Waals surface area (Å²) >= 11 is 0. The van der Waals surface area contributed by atoms with Gasteiger partial charge in [0.1, 0.15) is 0 Å². The highest BCUT2D eigenvalue weighted by Gasteiger charge is 2.67. The normalized spacial score (nSPS) is 49.6. The zero-order valence-corrected chi connectivity index (χ0v) is 19.1. The van der Waals surface area contributed by atoms with Crippen LogP contribution in [0.25, 0.3) is 0 Å². The van der Waals surface area contributed by atoms with Gasteiger partial charge in [0.15, 0.2) is 0 Å². The predicted molar refractivity (Wildman–Crippen MR) is 116 cm³/mol. The lowest BCUT2D eigenvalue weighted by Gasteiger charge is -2.66. The van der Waals surface area contributed by atoms with Crippen molar-refractivity contribution in [2.75, 3.05) is 19.8 Å². The minimum absolute atomic E-state index is 0.00524. The SMILES string of the molecule is CC1(C)C(NOCCN)=CC[C@@]2(C)C1[C@@H](CO)[C@@H](O)[C@H]1[C@@H]3CC[C@H](O)[C@@]3(C)CC[C@@H]12. The third kappa shape index (κ3) is 3.01. The molecule has 9 atom stereocenters. The number of aliphatic hydroxyl groups excluding tert-OH is 3. The van der Waals surface area contributed by atoms with Crippen LogP contribution in [-0.2, 0) is 4.84 Å². The van der Waals surface area contributed by atoms with Gasteiger partial charge in [-0.1, -0.05) is 33.8 Å². The molecule has 1 unspecified atom stereocenters. The maximum atomic E-state index is 11.7. The summed E-state index contributed by atoms with van der Waals surface area (Å²) in [7, 11) is 0. The first-order valence-electron chi connectivity index (χ1n) is 11.9. The lowest BCUT2D eigenvalue weighted by molar-refractivity contribution is -0.215. The van der Waals surface area contributed by atoms with Gasteiger partial charge < -0.3 is 21.1 Å². The number of hydrogen-bond acceptors (Lipinski definition) is 6. The van der Waals surface area contributed by atoms with Crippen molar-refractivity contribution in [1.29, 1.82) is 0 Å². The van der Waals surface area contributed by atoms with Crippen LogP contribution < -0.4 is 11.2 Å². The summed E-state index contributed by atoms with van der Waals surface area (Å²) in [6.45, 7) is 9.90. The van der Waals surface area contributed by atoms with Crippen molar-refractivity contribution in [1.82, 2.24) is 5.48 Å². The highest BCUT2D eigenvalue weighted by atomic mass is 16.6. The van der Waals surface area contributed by atoms with Crippen LogP contribution in [0.1, 0.15) is 59.8 Å². The van der Waals surface area contributed by atoms with Gasteiger partial charge >= 0.3 is 0 Å². The fourth-order valence-corrected chi connectivity index (χ4v) is 8.58. The van der Waals surface area contributed by atoms with E-state index in [1.54, 1.807) is 0 Å². The largest absolute Gasteiger partial charge is 0.396 e. The van der Waals surface area contributed by atoms with Crippen LogP contribution in [-0.4, -0.2) is 47.3 Å². The first-order chi connectivity index (χ1) is 14.1. The van der Waals surface area contributed by atoms with Crippen LogP contribution in [0.3, 0.4) is 0 Å². The lowest BCUT2D eigenvalue weighted by atomic mass is 9.39. The molecular weight excluding hydrogens is 380 g/mol. The molecule has 6 N–H and O–H groups in total. The molecule has 0 aliphatic heterocycles. The molecule has 172 valence electrons. The summed E-state index contributed by atoms with van der Waals surface area (Å²) in [6, 6.07) is 0. The minimum Gasteiger partial charge on any atom is -0.396 e. The molecule has 0 aromatic carbocycles. The summed E-state index contributed by atoms with van der Waals surface area (Å²) in [5, 5.41) is 32.9. The molecule has 0 saturated heterocycles. The Morgan fingerprint density at radius 1 is 1.10 bits per heavy atom. The Labute approximate surface area is 181 Å². The minimum atomic E-state index is -0.545. The van der Waals surface area contributed by atoms with Crippen LogP contribution >= 0.6 is 0 Å². The quantitative estimate of drug-likeness (QED) is 0.343. The first-order valence-corrected chi connectivity index (χ1v) is 11.9. The van der Waals surface area contributed by atoms with Crippen LogP contribution in [0.4, 0.5) is 0 Å². The Morgan fingerprint density at radius 3 is 2.47 bits per heavy atom. The highest BCUT2D eigenvalue weighted by molar-refractivity contribution is 5.25. The molecule has 0 aromatic rings. The fourth-order valence-electron chi connectivity index (χ4n) is 8.58. The summed E-state index contributed by atoms with van der Waals surface area (Å²) in [4.78, 5) is 5.56. The van der Waals surface area contributed by atoms with E-state index in [1.165, 1.54) is 0 Å². The Hall–Kier alpha value is -0.660. The van der Waals surface area contributed by atoms with E-state index >= 15 is 0 Å². The second-order valence-corrected chi connectivity index (χ2v) is 11.5. The van der Waals surface area contributed by atoms with E-state index < -0.39 is 6.10 Å². The number of rotatable bonds is 5.